The maximum Gasteiger partial charge on any atom is 0.338 e. The lowest BCUT2D eigenvalue weighted by Crippen LogP contribution is -2.06. The van der Waals surface area contributed by atoms with Crippen LogP contribution in [0.3, 0.4) is 0 Å². The van der Waals surface area contributed by atoms with Gasteiger partial charge in [-0.05, 0) is 6.07 Å². The maximum atomic E-state index is 13.0. The van der Waals surface area contributed by atoms with Gasteiger partial charge in [-0.15, -0.1) is 0 Å². The van der Waals surface area contributed by atoms with E-state index in [0.717, 1.165) is 17.1 Å². The molecule has 0 amide bonds. The molecule has 0 fully saturated rings. The Morgan fingerprint density at radius 3 is 2.57 bits per heavy atom. The van der Waals surface area contributed by atoms with Crippen LogP contribution in [0.5, 0.6) is 0 Å². The number of rotatable bonds is 3. The van der Waals surface area contributed by atoms with Crippen LogP contribution < -0.4 is 0 Å². The SMILES string of the molecule is O=C(O)c1cnc(-n2nc(C(F)F)c3ccncc32)nc1. The number of hydrogen-bond acceptors (Lipinski definition) is 5. The van der Waals surface area contributed by atoms with Gasteiger partial charge in [0, 0.05) is 24.0 Å². The molecule has 3 aromatic heterocycles. The molecule has 0 unspecified atom stereocenters. The normalized spacial score (nSPS) is 11.2. The molecule has 7 nitrogen and oxygen atoms in total. The van der Waals surface area contributed by atoms with Gasteiger partial charge in [-0.3, -0.25) is 4.98 Å². The molecule has 0 aliphatic rings. The van der Waals surface area contributed by atoms with Crippen molar-refractivity contribution in [2.24, 2.45) is 0 Å². The Hall–Kier alpha value is -2.97. The van der Waals surface area contributed by atoms with E-state index in [1.54, 1.807) is 0 Å². The Morgan fingerprint density at radius 1 is 1.24 bits per heavy atom. The number of fused-ring (bicyclic) bond motifs is 1. The third-order valence-corrected chi connectivity index (χ3v) is 2.79. The average molecular weight is 291 g/mol. The highest BCUT2D eigenvalue weighted by molar-refractivity contribution is 5.87. The fourth-order valence-electron chi connectivity index (χ4n) is 1.84. The van der Waals surface area contributed by atoms with E-state index in [0.29, 0.717) is 5.52 Å². The van der Waals surface area contributed by atoms with E-state index in [9.17, 15) is 13.6 Å². The van der Waals surface area contributed by atoms with Crippen molar-refractivity contribution >= 4 is 16.9 Å². The number of pyridine rings is 1. The van der Waals surface area contributed by atoms with Crippen LogP contribution in [0.15, 0.2) is 30.9 Å². The number of aromatic carboxylic acids is 1. The van der Waals surface area contributed by atoms with Crippen molar-refractivity contribution in [1.82, 2.24) is 24.7 Å². The van der Waals surface area contributed by atoms with E-state index in [2.05, 4.69) is 20.1 Å². The molecule has 3 aromatic rings. The first kappa shape index (κ1) is 13.0. The molecule has 0 atom stereocenters. The predicted molar refractivity (Wildman–Crippen MR) is 66.4 cm³/mol. The molecule has 3 heterocycles. The van der Waals surface area contributed by atoms with Crippen LogP contribution >= 0.6 is 0 Å². The third-order valence-electron chi connectivity index (χ3n) is 2.79. The second-order valence-electron chi connectivity index (χ2n) is 4.07. The zero-order valence-corrected chi connectivity index (χ0v) is 10.3. The predicted octanol–water partition coefficient (Wildman–Crippen LogP) is 1.85. The maximum absolute atomic E-state index is 13.0. The lowest BCUT2D eigenvalue weighted by atomic mass is 10.2. The third kappa shape index (κ3) is 2.18. The molecule has 106 valence electrons. The van der Waals surface area contributed by atoms with E-state index in [1.807, 2.05) is 0 Å². The molecular formula is C12H7F2N5O2. The Balaban J connectivity index is 2.18. The summed E-state index contributed by atoms with van der Waals surface area (Å²) in [6.45, 7) is 0. The van der Waals surface area contributed by atoms with E-state index < -0.39 is 18.1 Å². The van der Waals surface area contributed by atoms with Crippen molar-refractivity contribution in [2.45, 2.75) is 6.43 Å². The molecule has 9 heteroatoms. The standard InChI is InChI=1S/C12H7F2N5O2/c13-10(14)9-7-1-2-15-5-8(7)19(18-9)12-16-3-6(4-17-12)11(20)21/h1-5,10H,(H,20,21). The minimum Gasteiger partial charge on any atom is -0.478 e. The summed E-state index contributed by atoms with van der Waals surface area (Å²) < 4.78 is 27.1. The summed E-state index contributed by atoms with van der Waals surface area (Å²) in [7, 11) is 0. The minimum absolute atomic E-state index is 0.00935. The van der Waals surface area contributed by atoms with Crippen molar-refractivity contribution in [3.05, 3.63) is 42.1 Å². The molecule has 0 aliphatic heterocycles. The van der Waals surface area contributed by atoms with Crippen LogP contribution in [0.2, 0.25) is 0 Å². The molecule has 0 saturated heterocycles. The number of carbonyl (C=O) groups is 1. The minimum atomic E-state index is -2.76. The van der Waals surface area contributed by atoms with Gasteiger partial charge < -0.3 is 5.11 Å². The quantitative estimate of drug-likeness (QED) is 0.791. The number of aromatic nitrogens is 5. The molecule has 0 spiro atoms. The van der Waals surface area contributed by atoms with E-state index in [-0.39, 0.29) is 16.9 Å². The molecule has 0 saturated carbocycles. The molecule has 1 N–H and O–H groups in total. The lowest BCUT2D eigenvalue weighted by Gasteiger charge is -2.01. The van der Waals surface area contributed by atoms with E-state index in [4.69, 9.17) is 5.11 Å². The summed E-state index contributed by atoms with van der Waals surface area (Å²) in [5.74, 6) is -1.19. The van der Waals surface area contributed by atoms with E-state index >= 15 is 0 Å². The summed E-state index contributed by atoms with van der Waals surface area (Å²) in [6, 6.07) is 1.42. The lowest BCUT2D eigenvalue weighted by molar-refractivity contribution is 0.0696. The number of hydrogen-bond donors (Lipinski definition) is 1. The van der Waals surface area contributed by atoms with Crippen molar-refractivity contribution in [3.63, 3.8) is 0 Å². The topological polar surface area (TPSA) is 93.8 Å². The molecule has 0 bridgehead atoms. The first-order valence-electron chi connectivity index (χ1n) is 5.74. The Kier molecular flexibility index (Phi) is 3.01. The van der Waals surface area contributed by atoms with Crippen LogP contribution in [-0.4, -0.2) is 35.8 Å². The van der Waals surface area contributed by atoms with Crippen LogP contribution in [0, 0.1) is 0 Å². The van der Waals surface area contributed by atoms with Gasteiger partial charge in [0.25, 0.3) is 12.4 Å². The van der Waals surface area contributed by atoms with Crippen LogP contribution in [0.25, 0.3) is 16.9 Å². The van der Waals surface area contributed by atoms with E-state index in [1.165, 1.54) is 18.5 Å². The zero-order valence-electron chi connectivity index (χ0n) is 10.3. The monoisotopic (exact) mass is 291 g/mol. The Morgan fingerprint density at radius 2 is 1.95 bits per heavy atom. The Bertz CT molecular complexity index is 816. The fraction of sp³-hybridized carbons (Fsp3) is 0.0833. The number of carboxylic acid groups (broad SMARTS) is 1. The summed E-state index contributed by atoms with van der Waals surface area (Å²) in [6.07, 6.45) is 2.15. The smallest absolute Gasteiger partial charge is 0.338 e. The Labute approximate surface area is 115 Å². The van der Waals surface area contributed by atoms with Gasteiger partial charge in [-0.1, -0.05) is 0 Å². The first-order chi connectivity index (χ1) is 10.1. The van der Waals surface area contributed by atoms with Crippen LogP contribution in [-0.2, 0) is 0 Å². The molecule has 21 heavy (non-hydrogen) atoms. The summed E-state index contributed by atoms with van der Waals surface area (Å²) in [5, 5.41) is 12.8. The summed E-state index contributed by atoms with van der Waals surface area (Å²) >= 11 is 0. The highest BCUT2D eigenvalue weighted by Gasteiger charge is 2.20. The molecule has 0 aliphatic carbocycles. The van der Waals surface area contributed by atoms with Gasteiger partial charge in [0.05, 0.1) is 17.3 Å². The molecular weight excluding hydrogens is 284 g/mol. The fourth-order valence-corrected chi connectivity index (χ4v) is 1.84. The highest BCUT2D eigenvalue weighted by atomic mass is 19.3. The second kappa shape index (κ2) is 4.85. The number of alkyl halides is 2. The second-order valence-corrected chi connectivity index (χ2v) is 4.07. The van der Waals surface area contributed by atoms with Crippen molar-refractivity contribution in [3.8, 4) is 5.95 Å². The molecule has 3 rings (SSSR count). The van der Waals surface area contributed by atoms with Gasteiger partial charge in [-0.25, -0.2) is 23.5 Å². The van der Waals surface area contributed by atoms with Gasteiger partial charge >= 0.3 is 5.97 Å². The van der Waals surface area contributed by atoms with Crippen molar-refractivity contribution in [2.75, 3.05) is 0 Å². The molecule has 0 aromatic carbocycles. The summed E-state index contributed by atoms with van der Waals surface area (Å²) in [5.41, 5.74) is -0.198. The van der Waals surface area contributed by atoms with Gasteiger partial charge in [0.15, 0.2) is 0 Å². The van der Waals surface area contributed by atoms with Crippen LogP contribution in [0.4, 0.5) is 8.78 Å². The van der Waals surface area contributed by atoms with Gasteiger partial charge in [0.2, 0.25) is 0 Å². The van der Waals surface area contributed by atoms with Gasteiger partial charge in [-0.2, -0.15) is 9.78 Å². The zero-order chi connectivity index (χ0) is 15.0. The van der Waals surface area contributed by atoms with Gasteiger partial charge in [0.1, 0.15) is 5.69 Å². The van der Waals surface area contributed by atoms with Crippen LogP contribution in [0.1, 0.15) is 22.5 Å². The largest absolute Gasteiger partial charge is 0.478 e. The summed E-state index contributed by atoms with van der Waals surface area (Å²) in [4.78, 5) is 22.3. The number of carboxylic acids is 1. The van der Waals surface area contributed by atoms with Crippen molar-refractivity contribution < 1.29 is 18.7 Å². The molecule has 0 radical (unpaired) electrons. The number of nitrogens with zero attached hydrogens (tertiary/aromatic N) is 5. The number of halogens is 2. The first-order valence-corrected chi connectivity index (χ1v) is 5.74. The highest BCUT2D eigenvalue weighted by Crippen LogP contribution is 2.27. The van der Waals surface area contributed by atoms with Crippen molar-refractivity contribution in [1.29, 1.82) is 0 Å². The average Bonchev–Trinajstić information content (AvgIpc) is 2.87.